The lowest BCUT2D eigenvalue weighted by Gasteiger charge is -2.27. The van der Waals surface area contributed by atoms with Gasteiger partial charge in [0.15, 0.2) is 0 Å². The lowest BCUT2D eigenvalue weighted by atomic mass is 9.89. The Balaban J connectivity index is 2.14. The van der Waals surface area contributed by atoms with Crippen molar-refractivity contribution >= 4 is 17.5 Å². The molecule has 0 aliphatic heterocycles. The van der Waals surface area contributed by atoms with Crippen LogP contribution in [0.15, 0.2) is 0 Å². The van der Waals surface area contributed by atoms with E-state index in [0.717, 1.165) is 25.8 Å². The zero-order valence-electron chi connectivity index (χ0n) is 9.60. The molecule has 0 saturated heterocycles. The van der Waals surface area contributed by atoms with Crippen LogP contribution >= 0.6 is 11.6 Å². The number of rotatable bonds is 5. The number of carbonyl (C=O) groups is 1. The number of hydrogen-bond acceptors (Lipinski definition) is 1. The molecular weight excluding hydrogens is 210 g/mol. The van der Waals surface area contributed by atoms with E-state index in [9.17, 15) is 4.79 Å². The molecule has 1 N–H and O–H groups in total. The minimum absolute atomic E-state index is 0.186. The molecule has 1 aliphatic rings. The van der Waals surface area contributed by atoms with Crippen LogP contribution in [0.5, 0.6) is 0 Å². The summed E-state index contributed by atoms with van der Waals surface area (Å²) in [6.45, 7) is 2.87. The van der Waals surface area contributed by atoms with E-state index in [1.807, 2.05) is 0 Å². The molecule has 2 nitrogen and oxygen atoms in total. The quantitative estimate of drug-likeness (QED) is 0.724. The van der Waals surface area contributed by atoms with Crippen molar-refractivity contribution in [3.63, 3.8) is 0 Å². The van der Waals surface area contributed by atoms with E-state index < -0.39 is 0 Å². The third-order valence-corrected chi connectivity index (χ3v) is 3.71. The second-order valence-corrected chi connectivity index (χ2v) is 5.03. The Hall–Kier alpha value is -0.240. The zero-order chi connectivity index (χ0) is 11.1. The van der Waals surface area contributed by atoms with E-state index in [1.165, 1.54) is 19.3 Å². The van der Waals surface area contributed by atoms with Crippen molar-refractivity contribution in [1.29, 1.82) is 0 Å². The van der Waals surface area contributed by atoms with Gasteiger partial charge in [-0.15, -0.1) is 11.6 Å². The number of unbranched alkanes of at least 4 members (excludes halogenated alkanes) is 1. The molecule has 88 valence electrons. The molecule has 1 amide bonds. The molecule has 2 atom stereocenters. The average Bonchev–Trinajstić information content (AvgIpc) is 2.25. The topological polar surface area (TPSA) is 29.1 Å². The predicted octanol–water partition coefficient (Wildman–Crippen LogP) is 3.09. The van der Waals surface area contributed by atoms with Crippen LogP contribution in [0.2, 0.25) is 0 Å². The maximum Gasteiger partial charge on any atom is 0.220 e. The van der Waals surface area contributed by atoms with Gasteiger partial charge in [-0.25, -0.2) is 0 Å². The lowest BCUT2D eigenvalue weighted by Crippen LogP contribution is -2.34. The van der Waals surface area contributed by atoms with Crippen molar-refractivity contribution in [2.75, 3.05) is 6.54 Å². The summed E-state index contributed by atoms with van der Waals surface area (Å²) in [6, 6.07) is 0. The van der Waals surface area contributed by atoms with Gasteiger partial charge >= 0.3 is 0 Å². The predicted molar refractivity (Wildman–Crippen MR) is 64.1 cm³/mol. The van der Waals surface area contributed by atoms with Crippen LogP contribution in [-0.4, -0.2) is 17.8 Å². The van der Waals surface area contributed by atoms with Crippen molar-refractivity contribution in [1.82, 2.24) is 5.32 Å². The minimum Gasteiger partial charge on any atom is -0.356 e. The lowest BCUT2D eigenvalue weighted by molar-refractivity contribution is -0.121. The van der Waals surface area contributed by atoms with E-state index in [1.54, 1.807) is 0 Å². The molecule has 1 aliphatic carbocycles. The van der Waals surface area contributed by atoms with Crippen LogP contribution in [-0.2, 0) is 4.79 Å². The first-order chi connectivity index (χ1) is 7.24. The molecule has 0 aromatic rings. The van der Waals surface area contributed by atoms with E-state index in [4.69, 9.17) is 11.6 Å². The summed E-state index contributed by atoms with van der Waals surface area (Å²) in [7, 11) is 0. The van der Waals surface area contributed by atoms with Gasteiger partial charge in [0.05, 0.1) is 0 Å². The van der Waals surface area contributed by atoms with Crippen molar-refractivity contribution in [3.8, 4) is 0 Å². The fourth-order valence-electron chi connectivity index (χ4n) is 2.06. The van der Waals surface area contributed by atoms with E-state index >= 15 is 0 Å². The average molecular weight is 232 g/mol. The summed E-state index contributed by atoms with van der Waals surface area (Å²) in [6.07, 6.45) is 7.51. The molecule has 0 aromatic heterocycles. The van der Waals surface area contributed by atoms with Gasteiger partial charge in [-0.05, 0) is 25.2 Å². The summed E-state index contributed by atoms with van der Waals surface area (Å²) in [5.74, 6) is 0.678. The smallest absolute Gasteiger partial charge is 0.220 e. The summed E-state index contributed by atoms with van der Waals surface area (Å²) < 4.78 is 0. The highest BCUT2D eigenvalue weighted by molar-refractivity contribution is 6.20. The van der Waals surface area contributed by atoms with Crippen LogP contribution in [0.25, 0.3) is 0 Å². The summed E-state index contributed by atoms with van der Waals surface area (Å²) in [4.78, 5) is 11.4. The molecule has 3 heteroatoms. The number of carbonyl (C=O) groups excluding carboxylic acids is 1. The van der Waals surface area contributed by atoms with Crippen molar-refractivity contribution in [2.45, 2.75) is 57.2 Å². The Labute approximate surface area is 97.8 Å². The van der Waals surface area contributed by atoms with Crippen molar-refractivity contribution in [3.05, 3.63) is 0 Å². The SMILES string of the molecule is CCCCC(=O)NCC1CCCCC1Cl. The van der Waals surface area contributed by atoms with Gasteiger partial charge in [0.25, 0.3) is 0 Å². The molecule has 15 heavy (non-hydrogen) atoms. The Morgan fingerprint density at radius 2 is 2.13 bits per heavy atom. The van der Waals surface area contributed by atoms with Crippen molar-refractivity contribution in [2.24, 2.45) is 5.92 Å². The van der Waals surface area contributed by atoms with E-state index in [0.29, 0.717) is 12.3 Å². The largest absolute Gasteiger partial charge is 0.356 e. The van der Waals surface area contributed by atoms with Gasteiger partial charge in [-0.3, -0.25) is 4.79 Å². The van der Waals surface area contributed by atoms with Crippen LogP contribution in [0, 0.1) is 5.92 Å². The standard InChI is InChI=1S/C12H22ClNO/c1-2-3-8-12(15)14-9-10-6-4-5-7-11(10)13/h10-11H,2-9H2,1H3,(H,14,15). The van der Waals surface area contributed by atoms with Crippen LogP contribution in [0.3, 0.4) is 0 Å². The Morgan fingerprint density at radius 1 is 1.40 bits per heavy atom. The third-order valence-electron chi connectivity index (χ3n) is 3.14. The number of nitrogens with one attached hydrogen (secondary N) is 1. The van der Waals surface area contributed by atoms with Gasteiger partial charge in [-0.2, -0.15) is 0 Å². The van der Waals surface area contributed by atoms with Gasteiger partial charge in [0.2, 0.25) is 5.91 Å². The number of amides is 1. The zero-order valence-corrected chi connectivity index (χ0v) is 10.4. The summed E-state index contributed by atoms with van der Waals surface area (Å²) in [5.41, 5.74) is 0. The molecule has 0 spiro atoms. The van der Waals surface area contributed by atoms with E-state index in [2.05, 4.69) is 12.2 Å². The van der Waals surface area contributed by atoms with Crippen LogP contribution < -0.4 is 5.32 Å². The molecule has 0 heterocycles. The molecule has 1 fully saturated rings. The fourth-order valence-corrected chi connectivity index (χ4v) is 2.43. The minimum atomic E-state index is 0.186. The highest BCUT2D eigenvalue weighted by Crippen LogP contribution is 2.27. The first kappa shape index (κ1) is 12.8. The number of hydrogen-bond donors (Lipinski definition) is 1. The molecule has 2 unspecified atom stereocenters. The highest BCUT2D eigenvalue weighted by atomic mass is 35.5. The second-order valence-electron chi connectivity index (χ2n) is 4.47. The molecule has 1 rings (SSSR count). The summed E-state index contributed by atoms with van der Waals surface area (Å²) >= 11 is 6.22. The molecular formula is C12H22ClNO. The maximum atomic E-state index is 11.4. The molecule has 0 bridgehead atoms. The highest BCUT2D eigenvalue weighted by Gasteiger charge is 2.23. The van der Waals surface area contributed by atoms with Gasteiger partial charge in [0.1, 0.15) is 0 Å². The van der Waals surface area contributed by atoms with Gasteiger partial charge in [0, 0.05) is 18.3 Å². The Bertz CT molecular complexity index is 196. The van der Waals surface area contributed by atoms with Crippen molar-refractivity contribution < 1.29 is 4.79 Å². The second kappa shape index (κ2) is 7.10. The van der Waals surface area contributed by atoms with E-state index in [-0.39, 0.29) is 11.3 Å². The Kier molecular flexibility index (Phi) is 6.07. The number of halogens is 1. The first-order valence-electron chi connectivity index (χ1n) is 6.14. The normalized spacial score (nSPS) is 26.3. The van der Waals surface area contributed by atoms with Crippen LogP contribution in [0.4, 0.5) is 0 Å². The molecule has 0 aromatic carbocycles. The monoisotopic (exact) mass is 231 g/mol. The Morgan fingerprint density at radius 3 is 2.80 bits per heavy atom. The molecule has 0 radical (unpaired) electrons. The number of alkyl halides is 1. The van der Waals surface area contributed by atoms with Gasteiger partial charge in [-0.1, -0.05) is 26.2 Å². The molecule has 1 saturated carbocycles. The first-order valence-corrected chi connectivity index (χ1v) is 6.58. The maximum absolute atomic E-state index is 11.4. The van der Waals surface area contributed by atoms with Gasteiger partial charge < -0.3 is 5.32 Å². The summed E-state index contributed by atoms with van der Waals surface area (Å²) in [5, 5.41) is 3.26. The van der Waals surface area contributed by atoms with Crippen LogP contribution in [0.1, 0.15) is 51.9 Å². The fraction of sp³-hybridized carbons (Fsp3) is 0.917. The third kappa shape index (κ3) is 4.87.